The molecule has 2 fully saturated rings. The minimum atomic E-state index is -0.111. The molecular formula is C20H28N4O2. The number of carbonyl (C=O) groups excluding carboxylic acids is 2. The highest BCUT2D eigenvalue weighted by Crippen LogP contribution is 2.40. The van der Waals surface area contributed by atoms with Gasteiger partial charge in [-0.15, -0.1) is 0 Å². The molecule has 1 saturated heterocycles. The zero-order valence-electron chi connectivity index (χ0n) is 15.5. The lowest BCUT2D eigenvalue weighted by atomic mass is 9.91. The molecule has 1 aromatic heterocycles. The molecule has 0 spiro atoms. The molecule has 1 saturated carbocycles. The van der Waals surface area contributed by atoms with Gasteiger partial charge in [0, 0.05) is 32.1 Å². The quantitative estimate of drug-likeness (QED) is 0.825. The third-order valence-electron chi connectivity index (χ3n) is 5.86. The van der Waals surface area contributed by atoms with E-state index in [0.29, 0.717) is 25.3 Å². The zero-order valence-corrected chi connectivity index (χ0v) is 15.5. The molecule has 4 rings (SSSR count). The van der Waals surface area contributed by atoms with Gasteiger partial charge in [0.15, 0.2) is 0 Å². The van der Waals surface area contributed by atoms with E-state index >= 15 is 0 Å². The summed E-state index contributed by atoms with van der Waals surface area (Å²) >= 11 is 0. The number of likely N-dealkylation sites (tertiary alicyclic amines) is 1. The molecule has 140 valence electrons. The molecule has 26 heavy (non-hydrogen) atoms. The molecule has 2 heterocycles. The molecule has 2 amide bonds. The van der Waals surface area contributed by atoms with Gasteiger partial charge in [-0.25, -0.2) is 0 Å². The van der Waals surface area contributed by atoms with Crippen LogP contribution in [0.25, 0.3) is 0 Å². The van der Waals surface area contributed by atoms with Crippen LogP contribution in [0.1, 0.15) is 69.5 Å². The van der Waals surface area contributed by atoms with E-state index < -0.39 is 0 Å². The number of nitrogens with zero attached hydrogens (tertiary/aromatic N) is 3. The average molecular weight is 356 g/mol. The van der Waals surface area contributed by atoms with E-state index in [2.05, 4.69) is 16.5 Å². The van der Waals surface area contributed by atoms with Gasteiger partial charge in [-0.2, -0.15) is 5.10 Å². The topological polar surface area (TPSA) is 67.2 Å². The van der Waals surface area contributed by atoms with Gasteiger partial charge in [-0.1, -0.05) is 11.6 Å². The molecule has 1 N–H and O–H groups in total. The van der Waals surface area contributed by atoms with E-state index in [0.717, 1.165) is 31.4 Å². The summed E-state index contributed by atoms with van der Waals surface area (Å²) in [5, 5.41) is 7.55. The average Bonchev–Trinajstić information content (AvgIpc) is 3.38. The van der Waals surface area contributed by atoms with E-state index in [4.69, 9.17) is 0 Å². The Morgan fingerprint density at radius 2 is 2.12 bits per heavy atom. The first-order chi connectivity index (χ1) is 12.6. The molecule has 2 aliphatic carbocycles. The lowest BCUT2D eigenvalue weighted by molar-refractivity contribution is -0.140. The van der Waals surface area contributed by atoms with Crippen LogP contribution in [0.15, 0.2) is 23.9 Å². The Morgan fingerprint density at radius 1 is 1.27 bits per heavy atom. The maximum atomic E-state index is 12.7. The molecule has 1 aromatic rings. The summed E-state index contributed by atoms with van der Waals surface area (Å²) in [7, 11) is 1.91. The lowest BCUT2D eigenvalue weighted by Crippen LogP contribution is -2.53. The van der Waals surface area contributed by atoms with Crippen LogP contribution in [0, 0.1) is 0 Å². The Bertz CT molecular complexity index is 719. The fraction of sp³-hybridized carbons (Fsp3) is 0.650. The molecule has 3 aliphatic rings. The number of hydrogen-bond donors (Lipinski definition) is 1. The Balaban J connectivity index is 1.53. The summed E-state index contributed by atoms with van der Waals surface area (Å²) in [4.78, 5) is 27.3. The van der Waals surface area contributed by atoms with Crippen LogP contribution >= 0.6 is 0 Å². The molecule has 0 bridgehead atoms. The zero-order chi connectivity index (χ0) is 18.1. The van der Waals surface area contributed by atoms with Crippen LogP contribution in [0.5, 0.6) is 0 Å². The Labute approximate surface area is 154 Å². The summed E-state index contributed by atoms with van der Waals surface area (Å²) in [6.07, 6.45) is 12.4. The van der Waals surface area contributed by atoms with E-state index in [1.165, 1.54) is 18.4 Å². The van der Waals surface area contributed by atoms with E-state index in [1.54, 1.807) is 6.20 Å². The number of allylic oxidation sites excluding steroid dienone is 1. The minimum Gasteiger partial charge on any atom is -0.351 e. The number of aryl methyl sites for hydroxylation is 1. The maximum absolute atomic E-state index is 12.7. The normalized spacial score (nSPS) is 26.6. The Morgan fingerprint density at radius 3 is 2.77 bits per heavy atom. The number of rotatable bonds is 5. The van der Waals surface area contributed by atoms with Crippen LogP contribution < -0.4 is 5.32 Å². The lowest BCUT2D eigenvalue weighted by Gasteiger charge is -2.41. The summed E-state index contributed by atoms with van der Waals surface area (Å²) in [5.41, 5.74) is 2.27. The molecule has 0 unspecified atom stereocenters. The molecule has 1 aliphatic heterocycles. The van der Waals surface area contributed by atoms with Crippen LogP contribution in [0.4, 0.5) is 0 Å². The van der Waals surface area contributed by atoms with Crippen molar-refractivity contribution < 1.29 is 9.59 Å². The predicted molar refractivity (Wildman–Crippen MR) is 98.1 cm³/mol. The van der Waals surface area contributed by atoms with Crippen LogP contribution in [-0.2, 0) is 16.6 Å². The second kappa shape index (κ2) is 7.25. The number of hydrogen-bond acceptors (Lipinski definition) is 3. The maximum Gasteiger partial charge on any atom is 0.224 e. The highest BCUT2D eigenvalue weighted by Gasteiger charge is 2.45. The molecule has 6 heteroatoms. The number of amides is 2. The van der Waals surface area contributed by atoms with Crippen LogP contribution in [0.3, 0.4) is 0 Å². The van der Waals surface area contributed by atoms with Gasteiger partial charge in [-0.3, -0.25) is 14.3 Å². The Hall–Kier alpha value is -2.11. The first-order valence-electron chi connectivity index (χ1n) is 9.90. The largest absolute Gasteiger partial charge is 0.351 e. The molecule has 0 aromatic carbocycles. The van der Waals surface area contributed by atoms with Crippen LogP contribution in [-0.4, -0.2) is 38.6 Å². The van der Waals surface area contributed by atoms with Gasteiger partial charge >= 0.3 is 0 Å². The summed E-state index contributed by atoms with van der Waals surface area (Å²) in [5.74, 6) is 0.291. The van der Waals surface area contributed by atoms with E-state index in [9.17, 15) is 9.59 Å². The first-order valence-corrected chi connectivity index (χ1v) is 9.90. The molecular weight excluding hydrogens is 328 g/mol. The molecule has 2 atom stereocenters. The third kappa shape index (κ3) is 3.55. The summed E-state index contributed by atoms with van der Waals surface area (Å²) in [6, 6.07) is 2.14. The van der Waals surface area contributed by atoms with Crippen molar-refractivity contribution >= 4 is 11.8 Å². The fourth-order valence-corrected chi connectivity index (χ4v) is 4.40. The number of aromatic nitrogens is 2. The SMILES string of the molecule is Cn1nccc1[C@H]1[C@H](NC(=O)CC2=CCCCC2)CCC(=O)N1C1CC1. The molecule has 6 nitrogen and oxygen atoms in total. The van der Waals surface area contributed by atoms with Gasteiger partial charge < -0.3 is 10.2 Å². The fourth-order valence-electron chi connectivity index (χ4n) is 4.40. The van der Waals surface area contributed by atoms with E-state index in [-0.39, 0.29) is 23.9 Å². The van der Waals surface area contributed by atoms with Gasteiger partial charge in [0.05, 0.1) is 17.8 Å². The van der Waals surface area contributed by atoms with E-state index in [1.807, 2.05) is 22.7 Å². The standard InChI is InChI=1S/C20H28N4O2/c1-23-17(11-12-21-23)20-16(9-10-19(26)24(20)15-7-8-15)22-18(25)13-14-5-3-2-4-6-14/h5,11-12,15-16,20H,2-4,6-10,13H2,1H3,(H,22,25)/t16-,20-/m1/s1. The van der Waals surface area contributed by atoms with Crippen molar-refractivity contribution in [3.63, 3.8) is 0 Å². The van der Waals surface area contributed by atoms with Crippen molar-refractivity contribution in [3.05, 3.63) is 29.6 Å². The minimum absolute atomic E-state index is 0.0413. The van der Waals surface area contributed by atoms with Crippen molar-refractivity contribution in [2.45, 2.75) is 75.9 Å². The highest BCUT2D eigenvalue weighted by molar-refractivity contribution is 5.81. The number of carbonyl (C=O) groups is 2. The highest BCUT2D eigenvalue weighted by atomic mass is 16.2. The third-order valence-corrected chi connectivity index (χ3v) is 5.86. The van der Waals surface area contributed by atoms with Gasteiger partial charge in [-0.05, 0) is 51.0 Å². The molecule has 0 radical (unpaired) electrons. The van der Waals surface area contributed by atoms with Crippen molar-refractivity contribution in [3.8, 4) is 0 Å². The smallest absolute Gasteiger partial charge is 0.224 e. The predicted octanol–water partition coefficient (Wildman–Crippen LogP) is 2.62. The monoisotopic (exact) mass is 356 g/mol. The summed E-state index contributed by atoms with van der Waals surface area (Å²) < 4.78 is 1.83. The van der Waals surface area contributed by atoms with Crippen molar-refractivity contribution in [2.75, 3.05) is 0 Å². The summed E-state index contributed by atoms with van der Waals surface area (Å²) in [6.45, 7) is 0. The number of nitrogens with one attached hydrogen (secondary N) is 1. The second-order valence-corrected chi connectivity index (χ2v) is 7.85. The Kier molecular flexibility index (Phi) is 4.83. The van der Waals surface area contributed by atoms with Gasteiger partial charge in [0.1, 0.15) is 0 Å². The van der Waals surface area contributed by atoms with Crippen molar-refractivity contribution in [1.82, 2.24) is 20.0 Å². The van der Waals surface area contributed by atoms with Gasteiger partial charge in [0.2, 0.25) is 11.8 Å². The second-order valence-electron chi connectivity index (χ2n) is 7.85. The van der Waals surface area contributed by atoms with Crippen molar-refractivity contribution in [1.29, 1.82) is 0 Å². The first kappa shape index (κ1) is 17.3. The van der Waals surface area contributed by atoms with Gasteiger partial charge in [0.25, 0.3) is 0 Å². The van der Waals surface area contributed by atoms with Crippen molar-refractivity contribution in [2.24, 2.45) is 7.05 Å². The number of piperidine rings is 1. The van der Waals surface area contributed by atoms with Crippen LogP contribution in [0.2, 0.25) is 0 Å².